The third-order valence-electron chi connectivity index (χ3n) is 5.98. The number of benzene rings is 1. The van der Waals surface area contributed by atoms with Crippen LogP contribution >= 0.6 is 0 Å². The average molecular weight is 344 g/mol. The number of ether oxygens (including phenoxy) is 2. The molecule has 1 atom stereocenters. The van der Waals surface area contributed by atoms with Crippen LogP contribution in [0, 0.1) is 5.92 Å². The standard InChI is InChI=1S/C20H28N2O3/c23-19(15-4-3-9-21-13-15)22-14-20(7-1-2-8-20)16-5-6-17-18(12-16)25-11-10-24-17/h5-6,12,15,21H,1-4,7-11,13-14H2,(H,22,23). The van der Waals surface area contributed by atoms with E-state index in [-0.39, 0.29) is 17.2 Å². The van der Waals surface area contributed by atoms with Gasteiger partial charge in [-0.05, 0) is 49.9 Å². The predicted molar refractivity (Wildman–Crippen MR) is 96.2 cm³/mol. The zero-order valence-corrected chi connectivity index (χ0v) is 14.8. The Kier molecular flexibility index (Phi) is 4.84. The number of rotatable bonds is 4. The highest BCUT2D eigenvalue weighted by molar-refractivity contribution is 5.79. The highest BCUT2D eigenvalue weighted by atomic mass is 16.6. The Morgan fingerprint density at radius 1 is 1.16 bits per heavy atom. The van der Waals surface area contributed by atoms with Crippen molar-refractivity contribution in [3.05, 3.63) is 23.8 Å². The van der Waals surface area contributed by atoms with Crippen LogP contribution in [0.4, 0.5) is 0 Å². The second kappa shape index (κ2) is 7.24. The molecule has 5 nitrogen and oxygen atoms in total. The van der Waals surface area contributed by atoms with Gasteiger partial charge >= 0.3 is 0 Å². The molecule has 2 heterocycles. The fraction of sp³-hybridized carbons (Fsp3) is 0.650. The molecule has 2 fully saturated rings. The van der Waals surface area contributed by atoms with Gasteiger partial charge < -0.3 is 20.1 Å². The van der Waals surface area contributed by atoms with Gasteiger partial charge in [0.05, 0.1) is 5.92 Å². The average Bonchev–Trinajstić information content (AvgIpc) is 3.16. The van der Waals surface area contributed by atoms with Crippen LogP contribution in [0.5, 0.6) is 11.5 Å². The lowest BCUT2D eigenvalue weighted by molar-refractivity contribution is -0.125. The van der Waals surface area contributed by atoms with Gasteiger partial charge in [0.25, 0.3) is 0 Å². The summed E-state index contributed by atoms with van der Waals surface area (Å²) in [7, 11) is 0. The van der Waals surface area contributed by atoms with E-state index in [1.807, 2.05) is 6.07 Å². The summed E-state index contributed by atoms with van der Waals surface area (Å²) in [5.41, 5.74) is 1.31. The Bertz CT molecular complexity index is 619. The maximum atomic E-state index is 12.6. The predicted octanol–water partition coefficient (Wildman–Crippen LogP) is 2.39. The number of hydrogen-bond donors (Lipinski definition) is 2. The second-order valence-electron chi connectivity index (χ2n) is 7.61. The van der Waals surface area contributed by atoms with Crippen LogP contribution in [-0.4, -0.2) is 38.8 Å². The van der Waals surface area contributed by atoms with E-state index in [9.17, 15) is 4.79 Å². The molecule has 0 radical (unpaired) electrons. The highest BCUT2D eigenvalue weighted by Crippen LogP contribution is 2.43. The summed E-state index contributed by atoms with van der Waals surface area (Å²) in [6.45, 7) is 3.79. The first-order valence-corrected chi connectivity index (χ1v) is 9.65. The first kappa shape index (κ1) is 16.7. The van der Waals surface area contributed by atoms with Crippen molar-refractivity contribution in [1.29, 1.82) is 0 Å². The Hall–Kier alpha value is -1.75. The maximum Gasteiger partial charge on any atom is 0.224 e. The Morgan fingerprint density at radius 3 is 2.72 bits per heavy atom. The molecular weight excluding hydrogens is 316 g/mol. The van der Waals surface area contributed by atoms with E-state index in [1.165, 1.54) is 18.4 Å². The van der Waals surface area contributed by atoms with Crippen molar-refractivity contribution < 1.29 is 14.3 Å². The van der Waals surface area contributed by atoms with Gasteiger partial charge in [-0.25, -0.2) is 0 Å². The van der Waals surface area contributed by atoms with Crippen molar-refractivity contribution in [2.75, 3.05) is 32.8 Å². The molecule has 1 amide bonds. The molecule has 1 unspecified atom stereocenters. The molecule has 0 bridgehead atoms. The fourth-order valence-corrected chi connectivity index (χ4v) is 4.47. The first-order valence-electron chi connectivity index (χ1n) is 9.65. The highest BCUT2D eigenvalue weighted by Gasteiger charge is 2.37. The number of hydrogen-bond acceptors (Lipinski definition) is 4. The number of amides is 1. The summed E-state index contributed by atoms with van der Waals surface area (Å²) in [5.74, 6) is 2.00. The molecule has 136 valence electrons. The summed E-state index contributed by atoms with van der Waals surface area (Å²) in [5, 5.41) is 6.59. The molecular formula is C20H28N2O3. The van der Waals surface area contributed by atoms with E-state index in [2.05, 4.69) is 22.8 Å². The minimum atomic E-state index is 0.0353. The van der Waals surface area contributed by atoms with E-state index in [1.54, 1.807) is 0 Å². The van der Waals surface area contributed by atoms with Gasteiger partial charge in [0, 0.05) is 18.5 Å². The van der Waals surface area contributed by atoms with Gasteiger partial charge in [-0.1, -0.05) is 18.9 Å². The summed E-state index contributed by atoms with van der Waals surface area (Å²) >= 11 is 0. The Morgan fingerprint density at radius 2 is 1.96 bits per heavy atom. The summed E-state index contributed by atoms with van der Waals surface area (Å²) in [6.07, 6.45) is 6.76. The molecule has 1 saturated heterocycles. The van der Waals surface area contributed by atoms with Crippen molar-refractivity contribution in [2.24, 2.45) is 5.92 Å². The van der Waals surface area contributed by atoms with Gasteiger partial charge in [-0.15, -0.1) is 0 Å². The number of nitrogens with one attached hydrogen (secondary N) is 2. The smallest absolute Gasteiger partial charge is 0.224 e. The molecule has 0 aromatic heterocycles. The van der Waals surface area contributed by atoms with Crippen LogP contribution in [0.1, 0.15) is 44.1 Å². The lowest BCUT2D eigenvalue weighted by Gasteiger charge is -2.32. The van der Waals surface area contributed by atoms with Crippen LogP contribution in [0.2, 0.25) is 0 Å². The minimum Gasteiger partial charge on any atom is -0.486 e. The van der Waals surface area contributed by atoms with Gasteiger partial charge in [0.15, 0.2) is 11.5 Å². The number of carbonyl (C=O) groups is 1. The van der Waals surface area contributed by atoms with Crippen LogP contribution in [-0.2, 0) is 10.2 Å². The van der Waals surface area contributed by atoms with E-state index >= 15 is 0 Å². The molecule has 3 aliphatic rings. The normalized spacial score (nSPS) is 24.7. The Balaban J connectivity index is 1.48. The SMILES string of the molecule is O=C(NCC1(c2ccc3c(c2)OCCO3)CCCC1)C1CCCNC1. The Labute approximate surface area is 149 Å². The third-order valence-corrected chi connectivity index (χ3v) is 5.98. The van der Waals surface area contributed by atoms with Crippen LogP contribution in [0.3, 0.4) is 0 Å². The van der Waals surface area contributed by atoms with Gasteiger partial charge in [-0.3, -0.25) is 4.79 Å². The largest absolute Gasteiger partial charge is 0.486 e. The molecule has 1 aliphatic carbocycles. The summed E-state index contributed by atoms with van der Waals surface area (Å²) in [4.78, 5) is 12.6. The zero-order chi connectivity index (χ0) is 17.1. The van der Waals surface area contributed by atoms with E-state index in [0.717, 1.165) is 56.8 Å². The first-order chi connectivity index (χ1) is 12.3. The monoisotopic (exact) mass is 344 g/mol. The lowest BCUT2D eigenvalue weighted by atomic mass is 9.78. The van der Waals surface area contributed by atoms with Crippen LogP contribution in [0.25, 0.3) is 0 Å². The molecule has 4 rings (SSSR count). The fourth-order valence-electron chi connectivity index (χ4n) is 4.47. The second-order valence-corrected chi connectivity index (χ2v) is 7.61. The molecule has 1 saturated carbocycles. The number of carbonyl (C=O) groups excluding carboxylic acids is 1. The number of fused-ring (bicyclic) bond motifs is 1. The lowest BCUT2D eigenvalue weighted by Crippen LogP contribution is -2.45. The van der Waals surface area contributed by atoms with Gasteiger partial charge in [-0.2, -0.15) is 0 Å². The third kappa shape index (κ3) is 3.47. The summed E-state index contributed by atoms with van der Waals surface area (Å²) < 4.78 is 11.4. The van der Waals surface area contributed by atoms with Crippen molar-refractivity contribution >= 4 is 5.91 Å². The van der Waals surface area contributed by atoms with Crippen molar-refractivity contribution in [3.63, 3.8) is 0 Å². The van der Waals surface area contributed by atoms with Crippen molar-refractivity contribution in [1.82, 2.24) is 10.6 Å². The molecule has 1 aromatic rings. The molecule has 0 spiro atoms. The topological polar surface area (TPSA) is 59.6 Å². The van der Waals surface area contributed by atoms with Crippen molar-refractivity contribution in [2.45, 2.75) is 43.9 Å². The molecule has 1 aromatic carbocycles. The van der Waals surface area contributed by atoms with E-state index in [4.69, 9.17) is 9.47 Å². The van der Waals surface area contributed by atoms with Crippen LogP contribution < -0.4 is 20.1 Å². The molecule has 2 N–H and O–H groups in total. The molecule has 2 aliphatic heterocycles. The van der Waals surface area contributed by atoms with E-state index < -0.39 is 0 Å². The summed E-state index contributed by atoms with van der Waals surface area (Å²) in [6, 6.07) is 6.32. The van der Waals surface area contributed by atoms with Crippen molar-refractivity contribution in [3.8, 4) is 11.5 Å². The minimum absolute atomic E-state index is 0.0353. The maximum absolute atomic E-state index is 12.6. The van der Waals surface area contributed by atoms with Gasteiger partial charge in [0.2, 0.25) is 5.91 Å². The quantitative estimate of drug-likeness (QED) is 0.880. The zero-order valence-electron chi connectivity index (χ0n) is 14.8. The number of piperidine rings is 1. The molecule has 5 heteroatoms. The van der Waals surface area contributed by atoms with Gasteiger partial charge in [0.1, 0.15) is 13.2 Å². The van der Waals surface area contributed by atoms with E-state index in [0.29, 0.717) is 13.2 Å². The van der Waals surface area contributed by atoms with Crippen LogP contribution in [0.15, 0.2) is 18.2 Å². The molecule has 25 heavy (non-hydrogen) atoms.